The van der Waals surface area contributed by atoms with Crippen LogP contribution < -0.4 is 21.3 Å². The van der Waals surface area contributed by atoms with Gasteiger partial charge in [-0.15, -0.1) is 18.8 Å². The van der Waals surface area contributed by atoms with Crippen LogP contribution in [0.1, 0.15) is 70.7 Å². The highest BCUT2D eigenvalue weighted by Gasteiger charge is 2.43. The number of nitrogens with one attached hydrogen (secondary N) is 4. The van der Waals surface area contributed by atoms with Crippen molar-refractivity contribution in [2.75, 3.05) is 13.1 Å². The zero-order valence-corrected chi connectivity index (χ0v) is 26.1. The van der Waals surface area contributed by atoms with Crippen molar-refractivity contribution < 1.29 is 28.8 Å². The first kappa shape index (κ1) is 35.6. The lowest BCUT2D eigenvalue weighted by Crippen LogP contribution is -2.61. The van der Waals surface area contributed by atoms with Crippen LogP contribution in [0.4, 0.5) is 4.79 Å². The average molecular weight is 606 g/mol. The van der Waals surface area contributed by atoms with Gasteiger partial charge in [0.2, 0.25) is 17.6 Å². The van der Waals surface area contributed by atoms with Crippen LogP contribution in [0, 0.1) is 36.0 Å². The Morgan fingerprint density at radius 3 is 2.20 bits per heavy atom. The van der Waals surface area contributed by atoms with E-state index >= 15 is 0 Å². The number of carbonyl (C=O) groups excluding carboxylic acids is 6. The van der Waals surface area contributed by atoms with E-state index in [-0.39, 0.29) is 37.6 Å². The smallest absolute Gasteiger partial charge is 0.316 e. The van der Waals surface area contributed by atoms with E-state index in [9.17, 15) is 28.8 Å². The Hall–Kier alpha value is -4.64. The summed E-state index contributed by atoms with van der Waals surface area (Å²) in [5.74, 6) is 1.17. The van der Waals surface area contributed by atoms with Crippen LogP contribution in [0.5, 0.6) is 0 Å². The fourth-order valence-electron chi connectivity index (χ4n) is 4.89. The summed E-state index contributed by atoms with van der Waals surface area (Å²) < 4.78 is 0. The highest BCUT2D eigenvalue weighted by Crippen LogP contribution is 2.26. The Kier molecular flexibility index (Phi) is 13.2. The van der Waals surface area contributed by atoms with E-state index in [1.807, 2.05) is 13.8 Å². The standard InChI is InChI=1S/C33H43N5O6/c1-8-10-17-23(27(40)30(42)34-19-9-2)35-29(41)24-18-14-20-38(24)31(43)28(33(5,6)7)37-32(44)36-25(21(3)4)26(39)22-15-12-11-13-16-22/h1-2,11-13,15-16,21,23-25,28H,10,14,17-20H2,3-7H3,(H,34,42)(H,35,41)(H2,36,37,44). The van der Waals surface area contributed by atoms with Crippen LogP contribution in [0.2, 0.25) is 0 Å². The third kappa shape index (κ3) is 9.70. The first-order chi connectivity index (χ1) is 20.7. The molecule has 1 aliphatic heterocycles. The van der Waals surface area contributed by atoms with Crippen LogP contribution >= 0.6 is 0 Å². The summed E-state index contributed by atoms with van der Waals surface area (Å²) in [5.41, 5.74) is -0.316. The van der Waals surface area contributed by atoms with Gasteiger partial charge in [-0.3, -0.25) is 24.0 Å². The third-order valence-corrected chi connectivity index (χ3v) is 7.31. The van der Waals surface area contributed by atoms with E-state index in [4.69, 9.17) is 12.8 Å². The van der Waals surface area contributed by atoms with Crippen molar-refractivity contribution in [3.8, 4) is 24.7 Å². The Morgan fingerprint density at radius 1 is 0.977 bits per heavy atom. The molecule has 0 bridgehead atoms. The normalized spacial score (nSPS) is 16.5. The SMILES string of the molecule is C#CCCC(NC(=O)C1CCCN1C(=O)C(NC(=O)NC(C(=O)c1ccccc1)C(C)C)C(C)(C)C)C(=O)C(=O)NCC#C. The Morgan fingerprint density at radius 2 is 1.64 bits per heavy atom. The maximum Gasteiger partial charge on any atom is 0.316 e. The molecule has 4 N–H and O–H groups in total. The van der Waals surface area contributed by atoms with Gasteiger partial charge in [0.05, 0.1) is 18.6 Å². The Balaban J connectivity index is 2.21. The molecule has 0 radical (unpaired) electrons. The molecule has 0 aromatic heterocycles. The fourth-order valence-corrected chi connectivity index (χ4v) is 4.89. The molecule has 1 aromatic carbocycles. The average Bonchev–Trinajstić information content (AvgIpc) is 3.48. The molecular formula is C33H43N5O6. The Labute approximate surface area is 259 Å². The monoisotopic (exact) mass is 605 g/mol. The number of likely N-dealkylation sites (tertiary alicyclic amines) is 1. The van der Waals surface area contributed by atoms with Crippen molar-refractivity contribution in [2.24, 2.45) is 11.3 Å². The topological polar surface area (TPSA) is 154 Å². The van der Waals surface area contributed by atoms with Crippen LogP contribution in [0.15, 0.2) is 30.3 Å². The van der Waals surface area contributed by atoms with Crippen LogP contribution in [-0.4, -0.2) is 77.5 Å². The first-order valence-corrected chi connectivity index (χ1v) is 14.7. The van der Waals surface area contributed by atoms with Crippen molar-refractivity contribution >= 4 is 35.3 Å². The first-order valence-electron chi connectivity index (χ1n) is 14.7. The second kappa shape index (κ2) is 16.3. The number of rotatable bonds is 13. The van der Waals surface area contributed by atoms with Gasteiger partial charge in [0.1, 0.15) is 12.1 Å². The molecule has 11 nitrogen and oxygen atoms in total. The third-order valence-electron chi connectivity index (χ3n) is 7.31. The molecule has 11 heteroatoms. The number of terminal acetylenes is 2. The molecule has 1 aromatic rings. The number of amides is 5. The lowest BCUT2D eigenvalue weighted by molar-refractivity contribution is -0.143. The number of carbonyl (C=O) groups is 6. The van der Waals surface area contributed by atoms with Crippen molar-refractivity contribution in [1.82, 2.24) is 26.2 Å². The summed E-state index contributed by atoms with van der Waals surface area (Å²) in [7, 11) is 0. The number of nitrogens with zero attached hydrogens (tertiary/aromatic N) is 1. The van der Waals surface area contributed by atoms with E-state index in [0.717, 1.165) is 0 Å². The molecule has 5 amide bonds. The number of hydrogen-bond donors (Lipinski definition) is 4. The lowest BCUT2D eigenvalue weighted by Gasteiger charge is -2.36. The summed E-state index contributed by atoms with van der Waals surface area (Å²) >= 11 is 0. The number of hydrogen-bond acceptors (Lipinski definition) is 6. The predicted molar refractivity (Wildman–Crippen MR) is 166 cm³/mol. The van der Waals surface area contributed by atoms with Gasteiger partial charge >= 0.3 is 6.03 Å². The molecule has 236 valence electrons. The zero-order chi connectivity index (χ0) is 33.0. The van der Waals surface area contributed by atoms with Crippen LogP contribution in [0.25, 0.3) is 0 Å². The molecular weight excluding hydrogens is 562 g/mol. The maximum atomic E-state index is 13.9. The van der Waals surface area contributed by atoms with Gasteiger partial charge in [0.15, 0.2) is 5.78 Å². The minimum atomic E-state index is -1.20. The van der Waals surface area contributed by atoms with Gasteiger partial charge in [-0.25, -0.2) is 4.79 Å². The van der Waals surface area contributed by atoms with E-state index in [2.05, 4.69) is 33.1 Å². The van der Waals surface area contributed by atoms with Crippen molar-refractivity contribution in [3.05, 3.63) is 35.9 Å². The van der Waals surface area contributed by atoms with Gasteiger partial charge in [-0.05, 0) is 30.6 Å². The molecule has 1 saturated heterocycles. The minimum Gasteiger partial charge on any atom is -0.344 e. The number of urea groups is 1. The summed E-state index contributed by atoms with van der Waals surface area (Å²) in [5, 5.41) is 10.3. The molecule has 4 atom stereocenters. The number of Topliss-reactive ketones (excluding diaryl/α,β-unsaturated/α-hetero) is 2. The van der Waals surface area contributed by atoms with Gasteiger partial charge < -0.3 is 26.2 Å². The maximum absolute atomic E-state index is 13.9. The van der Waals surface area contributed by atoms with Crippen molar-refractivity contribution in [2.45, 2.75) is 84.5 Å². The molecule has 0 spiro atoms. The number of benzene rings is 1. The second-order valence-corrected chi connectivity index (χ2v) is 12.1. The van der Waals surface area contributed by atoms with Crippen LogP contribution in [0.3, 0.4) is 0 Å². The molecule has 2 rings (SSSR count). The van der Waals surface area contributed by atoms with E-state index in [1.165, 1.54) is 4.90 Å². The predicted octanol–water partition coefficient (Wildman–Crippen LogP) is 1.82. The highest BCUT2D eigenvalue weighted by molar-refractivity contribution is 6.38. The number of ketones is 2. The molecule has 0 saturated carbocycles. The van der Waals surface area contributed by atoms with E-state index in [0.29, 0.717) is 18.4 Å². The quantitative estimate of drug-likeness (QED) is 0.153. The van der Waals surface area contributed by atoms with Crippen molar-refractivity contribution in [1.29, 1.82) is 0 Å². The largest absolute Gasteiger partial charge is 0.344 e. The lowest BCUT2D eigenvalue weighted by atomic mass is 9.85. The molecule has 1 aliphatic rings. The molecule has 4 unspecified atom stereocenters. The minimum absolute atomic E-state index is 0.0241. The summed E-state index contributed by atoms with van der Waals surface area (Å²) in [4.78, 5) is 80.0. The summed E-state index contributed by atoms with van der Waals surface area (Å²) in [6.07, 6.45) is 11.5. The zero-order valence-electron chi connectivity index (χ0n) is 26.1. The Bertz CT molecular complexity index is 1300. The van der Waals surface area contributed by atoms with E-state index in [1.54, 1.807) is 51.1 Å². The van der Waals surface area contributed by atoms with Crippen molar-refractivity contribution in [3.63, 3.8) is 0 Å². The molecule has 0 aliphatic carbocycles. The molecule has 44 heavy (non-hydrogen) atoms. The van der Waals surface area contributed by atoms with Gasteiger partial charge in [-0.1, -0.05) is 70.9 Å². The van der Waals surface area contributed by atoms with Gasteiger partial charge in [-0.2, -0.15) is 0 Å². The van der Waals surface area contributed by atoms with Gasteiger partial charge in [0.25, 0.3) is 5.91 Å². The fraction of sp³-hybridized carbons (Fsp3) is 0.515. The molecule has 1 heterocycles. The highest BCUT2D eigenvalue weighted by atomic mass is 16.2. The van der Waals surface area contributed by atoms with Crippen LogP contribution in [-0.2, 0) is 19.2 Å². The molecule has 1 fully saturated rings. The van der Waals surface area contributed by atoms with Gasteiger partial charge in [0, 0.05) is 18.5 Å². The summed E-state index contributed by atoms with van der Waals surface area (Å²) in [6.45, 7) is 9.05. The summed E-state index contributed by atoms with van der Waals surface area (Å²) in [6, 6.07) is 3.89. The van der Waals surface area contributed by atoms with E-state index < -0.39 is 59.1 Å². The second-order valence-electron chi connectivity index (χ2n) is 12.1.